The Morgan fingerprint density at radius 2 is 2.04 bits per heavy atom. The van der Waals surface area contributed by atoms with E-state index in [1.807, 2.05) is 44.2 Å². The molecule has 7 heteroatoms. The number of hydrogen-bond acceptors (Lipinski definition) is 5. The van der Waals surface area contributed by atoms with E-state index in [0.29, 0.717) is 31.2 Å². The number of urea groups is 1. The quantitative estimate of drug-likeness (QED) is 0.687. The molecule has 7 nitrogen and oxygen atoms in total. The molecule has 0 aliphatic heterocycles. The van der Waals surface area contributed by atoms with E-state index in [4.69, 9.17) is 4.42 Å². The first kappa shape index (κ1) is 17.9. The van der Waals surface area contributed by atoms with Gasteiger partial charge in [0, 0.05) is 18.5 Å². The fraction of sp³-hybridized carbons (Fsp3) is 0.471. The molecule has 0 aliphatic rings. The van der Waals surface area contributed by atoms with Gasteiger partial charge < -0.3 is 20.2 Å². The van der Waals surface area contributed by atoms with Crippen LogP contribution in [0.4, 0.5) is 4.79 Å². The number of carbonyl (C=O) groups excluding carboxylic acids is 1. The Kier molecular flexibility index (Phi) is 6.31. The van der Waals surface area contributed by atoms with Crippen molar-refractivity contribution in [3.63, 3.8) is 0 Å². The van der Waals surface area contributed by atoms with Crippen LogP contribution in [0.15, 0.2) is 34.7 Å². The summed E-state index contributed by atoms with van der Waals surface area (Å²) >= 11 is 0. The van der Waals surface area contributed by atoms with E-state index in [1.165, 1.54) is 0 Å². The van der Waals surface area contributed by atoms with Crippen molar-refractivity contribution >= 4 is 6.03 Å². The van der Waals surface area contributed by atoms with Crippen LogP contribution in [-0.2, 0) is 6.42 Å². The Morgan fingerprint density at radius 1 is 1.29 bits per heavy atom. The van der Waals surface area contributed by atoms with Crippen LogP contribution >= 0.6 is 0 Å². The highest BCUT2D eigenvalue weighted by Gasteiger charge is 2.24. The maximum Gasteiger partial charge on any atom is 0.315 e. The zero-order valence-corrected chi connectivity index (χ0v) is 14.1. The van der Waals surface area contributed by atoms with E-state index >= 15 is 0 Å². The summed E-state index contributed by atoms with van der Waals surface area (Å²) in [6.45, 7) is 4.10. The van der Waals surface area contributed by atoms with Crippen molar-refractivity contribution in [1.82, 2.24) is 20.8 Å². The first-order valence-electron chi connectivity index (χ1n) is 8.11. The summed E-state index contributed by atoms with van der Waals surface area (Å²) < 4.78 is 5.58. The van der Waals surface area contributed by atoms with Gasteiger partial charge in [-0.15, -0.1) is 10.2 Å². The van der Waals surface area contributed by atoms with Gasteiger partial charge >= 0.3 is 6.03 Å². The van der Waals surface area contributed by atoms with Crippen LogP contribution in [0.2, 0.25) is 0 Å². The van der Waals surface area contributed by atoms with Gasteiger partial charge in [-0.05, 0) is 25.5 Å². The first-order valence-corrected chi connectivity index (χ1v) is 8.11. The lowest BCUT2D eigenvalue weighted by molar-refractivity contribution is 0.163. The zero-order valence-electron chi connectivity index (χ0n) is 14.1. The molecule has 3 N–H and O–H groups in total. The highest BCUT2D eigenvalue weighted by molar-refractivity contribution is 5.74. The summed E-state index contributed by atoms with van der Waals surface area (Å²) in [4.78, 5) is 11.9. The average molecular weight is 332 g/mol. The third-order valence-corrected chi connectivity index (χ3v) is 3.68. The van der Waals surface area contributed by atoms with E-state index in [9.17, 15) is 9.90 Å². The molecule has 0 saturated heterocycles. The zero-order chi connectivity index (χ0) is 17.4. The van der Waals surface area contributed by atoms with Gasteiger partial charge in [0.1, 0.15) is 0 Å². The van der Waals surface area contributed by atoms with Crippen molar-refractivity contribution in [1.29, 1.82) is 0 Å². The number of benzene rings is 1. The van der Waals surface area contributed by atoms with Gasteiger partial charge in [0.25, 0.3) is 0 Å². The molecule has 1 atom stereocenters. The molecule has 1 unspecified atom stereocenters. The molecule has 2 amide bonds. The molecule has 2 aromatic rings. The number of aliphatic hydroxyl groups excluding tert-OH is 1. The summed E-state index contributed by atoms with van der Waals surface area (Å²) in [7, 11) is 0. The van der Waals surface area contributed by atoms with Crippen LogP contribution in [0.1, 0.15) is 32.6 Å². The fourth-order valence-electron chi connectivity index (χ4n) is 2.39. The Hall–Kier alpha value is -2.41. The second-order valence-corrected chi connectivity index (χ2v) is 5.97. The van der Waals surface area contributed by atoms with Gasteiger partial charge in [-0.2, -0.15) is 0 Å². The van der Waals surface area contributed by atoms with E-state index in [1.54, 1.807) is 0 Å². The summed E-state index contributed by atoms with van der Waals surface area (Å²) in [6.07, 6.45) is 2.03. The molecule has 1 aromatic heterocycles. The monoisotopic (exact) mass is 332 g/mol. The number of hydrogen-bond donors (Lipinski definition) is 3. The van der Waals surface area contributed by atoms with Gasteiger partial charge in [-0.3, -0.25) is 0 Å². The molecule has 24 heavy (non-hydrogen) atoms. The number of aliphatic hydroxyl groups is 1. The predicted octanol–water partition coefficient (Wildman–Crippen LogP) is 2.13. The standard InChI is InChI=1S/C17H24N4O3/c1-3-10-17(2,12-22)19-16(23)18-11-9-14-20-21-15(24-14)13-7-5-4-6-8-13/h4-8,22H,3,9-12H2,1-2H3,(H2,18,19,23). The minimum atomic E-state index is -0.607. The maximum absolute atomic E-state index is 11.9. The highest BCUT2D eigenvalue weighted by atomic mass is 16.4. The number of rotatable bonds is 8. The topological polar surface area (TPSA) is 100 Å². The lowest BCUT2D eigenvalue weighted by atomic mass is 9.98. The van der Waals surface area contributed by atoms with Crippen molar-refractivity contribution in [2.45, 2.75) is 38.6 Å². The van der Waals surface area contributed by atoms with E-state index in [-0.39, 0.29) is 12.6 Å². The Bertz CT molecular complexity index is 644. The first-order chi connectivity index (χ1) is 11.6. The largest absolute Gasteiger partial charge is 0.421 e. The molecule has 2 rings (SSSR count). The van der Waals surface area contributed by atoms with Gasteiger partial charge in [0.05, 0.1) is 12.1 Å². The van der Waals surface area contributed by atoms with E-state index in [2.05, 4.69) is 20.8 Å². The second-order valence-electron chi connectivity index (χ2n) is 5.97. The number of aromatic nitrogens is 2. The molecular formula is C17H24N4O3. The van der Waals surface area contributed by atoms with Gasteiger partial charge in [0.15, 0.2) is 0 Å². The molecule has 0 aliphatic carbocycles. The van der Waals surface area contributed by atoms with E-state index in [0.717, 1.165) is 12.0 Å². The molecule has 0 spiro atoms. The fourth-order valence-corrected chi connectivity index (χ4v) is 2.39. The minimum absolute atomic E-state index is 0.0989. The third-order valence-electron chi connectivity index (χ3n) is 3.68. The normalized spacial score (nSPS) is 13.3. The molecule has 0 fully saturated rings. The van der Waals surface area contributed by atoms with Crippen molar-refractivity contribution in [3.05, 3.63) is 36.2 Å². The molecule has 0 bridgehead atoms. The van der Waals surface area contributed by atoms with E-state index < -0.39 is 5.54 Å². The SMILES string of the molecule is CCCC(C)(CO)NC(=O)NCCc1nnc(-c2ccccc2)o1. The van der Waals surface area contributed by atoms with Crippen molar-refractivity contribution in [3.8, 4) is 11.5 Å². The summed E-state index contributed by atoms with van der Waals surface area (Å²) in [5.41, 5.74) is 0.254. The number of carbonyl (C=O) groups is 1. The molecule has 0 saturated carbocycles. The van der Waals surface area contributed by atoms with Crippen LogP contribution in [0.5, 0.6) is 0 Å². The molecule has 1 aromatic carbocycles. The van der Waals surface area contributed by atoms with Gasteiger partial charge in [-0.1, -0.05) is 31.5 Å². The predicted molar refractivity (Wildman–Crippen MR) is 90.4 cm³/mol. The second kappa shape index (κ2) is 8.44. The van der Waals surface area contributed by atoms with Crippen LogP contribution in [-0.4, -0.2) is 40.0 Å². The van der Waals surface area contributed by atoms with Gasteiger partial charge in [0.2, 0.25) is 11.8 Å². The van der Waals surface area contributed by atoms with Gasteiger partial charge in [-0.25, -0.2) is 4.79 Å². The van der Waals surface area contributed by atoms with Crippen LogP contribution in [0.3, 0.4) is 0 Å². The minimum Gasteiger partial charge on any atom is -0.421 e. The smallest absolute Gasteiger partial charge is 0.315 e. The molecule has 1 heterocycles. The van der Waals surface area contributed by atoms with Crippen molar-refractivity contribution in [2.75, 3.05) is 13.2 Å². The lowest BCUT2D eigenvalue weighted by Gasteiger charge is -2.28. The third kappa shape index (κ3) is 5.06. The van der Waals surface area contributed by atoms with Crippen LogP contribution in [0.25, 0.3) is 11.5 Å². The van der Waals surface area contributed by atoms with Crippen molar-refractivity contribution < 1.29 is 14.3 Å². The molecular weight excluding hydrogens is 308 g/mol. The number of nitrogens with one attached hydrogen (secondary N) is 2. The number of nitrogens with zero attached hydrogens (tertiary/aromatic N) is 2. The summed E-state index contributed by atoms with van der Waals surface area (Å²) in [5, 5.41) is 22.9. The van der Waals surface area contributed by atoms with Crippen LogP contribution < -0.4 is 10.6 Å². The number of amides is 2. The van der Waals surface area contributed by atoms with Crippen molar-refractivity contribution in [2.24, 2.45) is 0 Å². The average Bonchev–Trinajstić information content (AvgIpc) is 3.05. The Labute approximate surface area is 141 Å². The summed E-state index contributed by atoms with van der Waals surface area (Å²) in [6, 6.07) is 9.20. The lowest BCUT2D eigenvalue weighted by Crippen LogP contribution is -2.52. The highest BCUT2D eigenvalue weighted by Crippen LogP contribution is 2.16. The molecule has 0 radical (unpaired) electrons. The maximum atomic E-state index is 11.9. The summed E-state index contributed by atoms with van der Waals surface area (Å²) in [5.74, 6) is 0.929. The Morgan fingerprint density at radius 3 is 2.71 bits per heavy atom. The Balaban J connectivity index is 1.80. The molecule has 130 valence electrons. The van der Waals surface area contributed by atoms with Crippen LogP contribution in [0, 0.1) is 0 Å².